The van der Waals surface area contributed by atoms with Crippen molar-refractivity contribution in [2.75, 3.05) is 57.1 Å². The number of hydrogen-bond acceptors (Lipinski definition) is 6. The zero-order valence-corrected chi connectivity index (χ0v) is 24.6. The van der Waals surface area contributed by atoms with Crippen LogP contribution in [0.4, 0.5) is 16.2 Å². The molecular weight excluding hydrogens is 504 g/mol. The first-order valence-corrected chi connectivity index (χ1v) is 14.1. The first kappa shape index (κ1) is 29.3. The SMILES string of the molecule is COc1cccc(C(=O)Nc2cc(C#C[C@H]3CCCN(C(=O)OC(C)(C)C)C3)ccc2N2CCN(C)[C@@H](C)C2)c1. The fraction of sp³-hybridized carbons (Fsp3) is 0.500. The molecule has 0 radical (unpaired) electrons. The number of likely N-dealkylation sites (N-methyl/N-ethyl adjacent to an activating group) is 1. The molecular formula is C32H42N4O4. The molecule has 2 aliphatic heterocycles. The second-order valence-electron chi connectivity index (χ2n) is 11.7. The van der Waals surface area contributed by atoms with Gasteiger partial charge in [0.1, 0.15) is 11.4 Å². The normalized spacial score (nSPS) is 19.9. The van der Waals surface area contributed by atoms with Crippen LogP contribution < -0.4 is 15.0 Å². The van der Waals surface area contributed by atoms with Gasteiger partial charge in [-0.25, -0.2) is 4.79 Å². The number of ether oxygens (including phenoxy) is 2. The number of nitrogens with zero attached hydrogens (tertiary/aromatic N) is 3. The van der Waals surface area contributed by atoms with Crippen molar-refractivity contribution in [3.05, 3.63) is 53.6 Å². The van der Waals surface area contributed by atoms with Crippen molar-refractivity contribution < 1.29 is 19.1 Å². The monoisotopic (exact) mass is 546 g/mol. The molecule has 2 fully saturated rings. The second-order valence-corrected chi connectivity index (χ2v) is 11.7. The lowest BCUT2D eigenvalue weighted by atomic mass is 9.98. The Morgan fingerprint density at radius 2 is 1.85 bits per heavy atom. The molecule has 214 valence electrons. The van der Waals surface area contributed by atoms with Crippen molar-refractivity contribution in [3.8, 4) is 17.6 Å². The number of carbonyl (C=O) groups excluding carboxylic acids is 2. The van der Waals surface area contributed by atoms with Crippen LogP contribution in [0.2, 0.25) is 0 Å². The molecule has 2 aromatic carbocycles. The molecule has 0 spiro atoms. The number of rotatable bonds is 4. The maximum Gasteiger partial charge on any atom is 0.410 e. The minimum atomic E-state index is -0.523. The molecule has 8 heteroatoms. The number of benzene rings is 2. The molecule has 8 nitrogen and oxygen atoms in total. The summed E-state index contributed by atoms with van der Waals surface area (Å²) in [5, 5.41) is 3.14. The van der Waals surface area contributed by atoms with Gasteiger partial charge in [0.05, 0.1) is 18.5 Å². The molecule has 0 aliphatic carbocycles. The third-order valence-electron chi connectivity index (χ3n) is 7.37. The summed E-state index contributed by atoms with van der Waals surface area (Å²) in [7, 11) is 3.73. The number of nitrogens with one attached hydrogen (secondary N) is 1. The first-order valence-electron chi connectivity index (χ1n) is 14.1. The van der Waals surface area contributed by atoms with E-state index >= 15 is 0 Å². The van der Waals surface area contributed by atoms with Crippen LogP contribution in [-0.2, 0) is 4.74 Å². The summed E-state index contributed by atoms with van der Waals surface area (Å²) in [6.45, 7) is 11.8. The van der Waals surface area contributed by atoms with Gasteiger partial charge in [0, 0.05) is 55.8 Å². The Balaban J connectivity index is 1.56. The zero-order chi connectivity index (χ0) is 28.9. The Hall–Kier alpha value is -3.70. The fourth-order valence-electron chi connectivity index (χ4n) is 4.99. The van der Waals surface area contributed by atoms with E-state index in [-0.39, 0.29) is 17.9 Å². The fourth-order valence-corrected chi connectivity index (χ4v) is 4.99. The molecule has 2 atom stereocenters. The van der Waals surface area contributed by atoms with Crippen molar-refractivity contribution in [3.63, 3.8) is 0 Å². The van der Waals surface area contributed by atoms with E-state index in [2.05, 4.69) is 47.0 Å². The molecule has 1 N–H and O–H groups in total. The summed E-state index contributed by atoms with van der Waals surface area (Å²) in [6.07, 6.45) is 1.54. The summed E-state index contributed by atoms with van der Waals surface area (Å²) in [4.78, 5) is 32.3. The number of hydrogen-bond donors (Lipinski definition) is 1. The van der Waals surface area contributed by atoms with Gasteiger partial charge in [-0.15, -0.1) is 0 Å². The van der Waals surface area contributed by atoms with E-state index in [1.54, 1.807) is 24.1 Å². The highest BCUT2D eigenvalue weighted by Crippen LogP contribution is 2.30. The molecule has 2 heterocycles. The van der Waals surface area contributed by atoms with Crippen LogP contribution in [0.15, 0.2) is 42.5 Å². The van der Waals surface area contributed by atoms with Crippen molar-refractivity contribution in [1.29, 1.82) is 0 Å². The van der Waals surface area contributed by atoms with Gasteiger partial charge in [-0.1, -0.05) is 17.9 Å². The van der Waals surface area contributed by atoms with Crippen LogP contribution in [0.5, 0.6) is 5.75 Å². The van der Waals surface area contributed by atoms with Gasteiger partial charge in [-0.2, -0.15) is 0 Å². The molecule has 0 unspecified atom stereocenters. The number of amides is 2. The molecule has 0 bridgehead atoms. The van der Waals surface area contributed by atoms with Crippen molar-refractivity contribution >= 4 is 23.4 Å². The van der Waals surface area contributed by atoms with Crippen LogP contribution >= 0.6 is 0 Å². The van der Waals surface area contributed by atoms with Crippen LogP contribution in [0, 0.1) is 17.8 Å². The Morgan fingerprint density at radius 1 is 1.05 bits per heavy atom. The third-order valence-corrected chi connectivity index (χ3v) is 7.37. The minimum absolute atomic E-state index is 0.0641. The number of piperidine rings is 1. The Bertz CT molecular complexity index is 1280. The highest BCUT2D eigenvalue weighted by molar-refractivity contribution is 6.06. The average Bonchev–Trinajstić information content (AvgIpc) is 2.93. The molecule has 2 aliphatic rings. The maximum absolute atomic E-state index is 13.3. The molecule has 2 saturated heterocycles. The quantitative estimate of drug-likeness (QED) is 0.539. The predicted octanol–water partition coefficient (Wildman–Crippen LogP) is 5.09. The molecule has 0 saturated carbocycles. The van der Waals surface area contributed by atoms with Crippen LogP contribution in [0.1, 0.15) is 56.5 Å². The number of carbonyl (C=O) groups is 2. The Labute approximate surface area is 238 Å². The van der Waals surface area contributed by atoms with E-state index in [0.717, 1.165) is 49.4 Å². The summed E-state index contributed by atoms with van der Waals surface area (Å²) in [6, 6.07) is 13.6. The highest BCUT2D eigenvalue weighted by Gasteiger charge is 2.27. The molecule has 4 rings (SSSR count). The Kier molecular flexibility index (Phi) is 9.26. The molecule has 40 heavy (non-hydrogen) atoms. The van der Waals surface area contributed by atoms with Crippen LogP contribution in [-0.4, -0.2) is 80.3 Å². The largest absolute Gasteiger partial charge is 0.497 e. The second kappa shape index (κ2) is 12.6. The third kappa shape index (κ3) is 7.70. The summed E-state index contributed by atoms with van der Waals surface area (Å²) < 4.78 is 10.9. The number of methoxy groups -OCH3 is 1. The minimum Gasteiger partial charge on any atom is -0.497 e. The molecule has 0 aromatic heterocycles. The number of piperazine rings is 1. The number of likely N-dealkylation sites (tertiary alicyclic amines) is 1. The lowest BCUT2D eigenvalue weighted by Gasteiger charge is -2.39. The van der Waals surface area contributed by atoms with Crippen LogP contribution in [0.25, 0.3) is 0 Å². The summed E-state index contributed by atoms with van der Waals surface area (Å²) in [5.74, 6) is 7.18. The molecule has 2 amide bonds. The lowest BCUT2D eigenvalue weighted by Crippen LogP contribution is -2.50. The number of anilines is 2. The van der Waals surface area contributed by atoms with E-state index in [9.17, 15) is 9.59 Å². The van der Waals surface area contributed by atoms with Gasteiger partial charge in [0.15, 0.2) is 0 Å². The van der Waals surface area contributed by atoms with E-state index in [0.29, 0.717) is 30.4 Å². The van der Waals surface area contributed by atoms with Gasteiger partial charge in [0.25, 0.3) is 5.91 Å². The van der Waals surface area contributed by atoms with Crippen molar-refractivity contribution in [2.45, 2.75) is 52.2 Å². The highest BCUT2D eigenvalue weighted by atomic mass is 16.6. The Morgan fingerprint density at radius 3 is 2.58 bits per heavy atom. The maximum atomic E-state index is 13.3. The smallest absolute Gasteiger partial charge is 0.410 e. The van der Waals surface area contributed by atoms with Gasteiger partial charge in [-0.05, 0) is 84.0 Å². The van der Waals surface area contributed by atoms with Gasteiger partial charge >= 0.3 is 6.09 Å². The van der Waals surface area contributed by atoms with E-state index in [1.165, 1.54) is 0 Å². The lowest BCUT2D eigenvalue weighted by molar-refractivity contribution is 0.0190. The summed E-state index contributed by atoms with van der Waals surface area (Å²) >= 11 is 0. The van der Waals surface area contributed by atoms with Gasteiger partial charge in [0.2, 0.25) is 0 Å². The van der Waals surface area contributed by atoms with E-state index in [1.807, 2.05) is 45.0 Å². The van der Waals surface area contributed by atoms with Crippen molar-refractivity contribution in [1.82, 2.24) is 9.80 Å². The summed E-state index contributed by atoms with van der Waals surface area (Å²) in [5.41, 5.74) is 2.54. The molecule has 2 aromatic rings. The first-order chi connectivity index (χ1) is 19.0. The van der Waals surface area contributed by atoms with E-state index in [4.69, 9.17) is 9.47 Å². The predicted molar refractivity (Wildman–Crippen MR) is 159 cm³/mol. The van der Waals surface area contributed by atoms with E-state index < -0.39 is 5.60 Å². The zero-order valence-electron chi connectivity index (χ0n) is 24.6. The van der Waals surface area contributed by atoms with Crippen molar-refractivity contribution in [2.24, 2.45) is 5.92 Å². The topological polar surface area (TPSA) is 74.3 Å². The average molecular weight is 547 g/mol. The van der Waals surface area contributed by atoms with Gasteiger partial charge in [-0.3, -0.25) is 4.79 Å². The standard InChI is InChI=1S/C32H42N4O4/c1-23-21-35(18-17-34(23)5)29-15-14-24(19-28(29)33-30(37)26-10-7-11-27(20-26)39-6)12-13-25-9-8-16-36(22-25)31(38)40-32(2,3)4/h7,10-11,14-15,19-20,23,25H,8-9,16-18,21-22H2,1-6H3,(H,33,37)/t23-,25+/m0/s1. The van der Waals surface area contributed by atoms with Gasteiger partial charge < -0.3 is 29.5 Å². The van der Waals surface area contributed by atoms with Crippen LogP contribution in [0.3, 0.4) is 0 Å².